The van der Waals surface area contributed by atoms with Gasteiger partial charge in [0.2, 0.25) is 0 Å². The van der Waals surface area contributed by atoms with Gasteiger partial charge in [0, 0.05) is 26.1 Å². The van der Waals surface area contributed by atoms with Gasteiger partial charge in [0.05, 0.1) is 21.3 Å². The van der Waals surface area contributed by atoms with Gasteiger partial charge in [0.15, 0.2) is 0 Å². The first-order valence-electron chi connectivity index (χ1n) is 6.89. The molecular formula is C14H15Cl2N3O3. The number of rotatable bonds is 0. The van der Waals surface area contributed by atoms with E-state index in [4.69, 9.17) is 23.2 Å². The normalized spacial score (nSPS) is 24.2. The van der Waals surface area contributed by atoms with Gasteiger partial charge >= 0.3 is 6.09 Å². The van der Waals surface area contributed by atoms with Crippen LogP contribution in [0.1, 0.15) is 23.7 Å². The molecule has 8 heteroatoms. The van der Waals surface area contributed by atoms with Crippen LogP contribution in [-0.4, -0.2) is 47.3 Å². The van der Waals surface area contributed by atoms with E-state index in [2.05, 4.69) is 5.32 Å². The number of nitrogens with zero attached hydrogens (tertiary/aromatic N) is 2. The molecular weight excluding hydrogens is 329 g/mol. The molecule has 0 spiro atoms. The SMILES string of the molecule is CC12CCN(C(=O)O)CCN1c1ccc(Cl)c(Cl)c1C(=O)N2. The first-order chi connectivity index (χ1) is 10.3. The minimum Gasteiger partial charge on any atom is -0.465 e. The largest absolute Gasteiger partial charge is 0.465 e. The zero-order valence-electron chi connectivity index (χ0n) is 11.9. The third-order valence-corrected chi connectivity index (χ3v) is 5.11. The van der Waals surface area contributed by atoms with E-state index in [1.807, 2.05) is 11.8 Å². The molecule has 22 heavy (non-hydrogen) atoms. The maximum atomic E-state index is 12.4. The number of carbonyl (C=O) groups excluding carboxylic acids is 1. The average Bonchev–Trinajstić information content (AvgIpc) is 2.61. The highest BCUT2D eigenvalue weighted by Crippen LogP contribution is 2.40. The summed E-state index contributed by atoms with van der Waals surface area (Å²) in [5.74, 6) is -0.287. The molecule has 6 nitrogen and oxygen atoms in total. The molecule has 2 amide bonds. The van der Waals surface area contributed by atoms with Gasteiger partial charge < -0.3 is 20.2 Å². The highest BCUT2D eigenvalue weighted by Gasteiger charge is 2.43. The molecule has 2 N–H and O–H groups in total. The number of nitrogens with one attached hydrogen (secondary N) is 1. The lowest BCUT2D eigenvalue weighted by atomic mass is 9.98. The molecule has 3 rings (SSSR count). The maximum absolute atomic E-state index is 12.4. The first-order valence-corrected chi connectivity index (χ1v) is 7.65. The van der Waals surface area contributed by atoms with E-state index < -0.39 is 11.8 Å². The van der Waals surface area contributed by atoms with Crippen molar-refractivity contribution in [2.75, 3.05) is 24.5 Å². The van der Waals surface area contributed by atoms with Gasteiger partial charge in [0.1, 0.15) is 5.66 Å². The molecule has 1 fully saturated rings. The standard InChI is InChI=1S/C14H15Cl2N3O3/c1-14-4-5-18(13(21)22)6-7-19(14)9-3-2-8(15)11(16)10(9)12(20)17-14/h2-3H,4-7H2,1H3,(H,17,20)(H,21,22). The van der Waals surface area contributed by atoms with Crippen molar-refractivity contribution in [3.05, 3.63) is 27.7 Å². The molecule has 2 aliphatic heterocycles. The summed E-state index contributed by atoms with van der Waals surface area (Å²) in [6.45, 7) is 3.08. The fourth-order valence-corrected chi connectivity index (χ4v) is 3.47. The number of fused-ring (bicyclic) bond motifs is 3. The first kappa shape index (κ1) is 15.2. The Morgan fingerprint density at radius 2 is 2.05 bits per heavy atom. The van der Waals surface area contributed by atoms with Crippen LogP contribution in [0.5, 0.6) is 0 Å². The summed E-state index contributed by atoms with van der Waals surface area (Å²) in [6.07, 6.45) is -0.464. The van der Waals surface area contributed by atoms with Crippen molar-refractivity contribution < 1.29 is 14.7 Å². The van der Waals surface area contributed by atoms with Crippen LogP contribution in [0.25, 0.3) is 0 Å². The van der Waals surface area contributed by atoms with E-state index in [0.717, 1.165) is 0 Å². The van der Waals surface area contributed by atoms with Gasteiger partial charge in [-0.3, -0.25) is 4.79 Å². The summed E-state index contributed by atoms with van der Waals surface area (Å²) in [5, 5.41) is 12.7. The van der Waals surface area contributed by atoms with E-state index in [9.17, 15) is 14.7 Å². The van der Waals surface area contributed by atoms with Crippen LogP contribution in [0.15, 0.2) is 12.1 Å². The van der Waals surface area contributed by atoms with Crippen LogP contribution < -0.4 is 10.2 Å². The second kappa shape index (κ2) is 5.21. The highest BCUT2D eigenvalue weighted by molar-refractivity contribution is 6.44. The summed E-state index contributed by atoms with van der Waals surface area (Å²) in [7, 11) is 0. The number of hydrogen-bond donors (Lipinski definition) is 2. The van der Waals surface area contributed by atoms with Gasteiger partial charge in [-0.1, -0.05) is 23.2 Å². The second-order valence-corrected chi connectivity index (χ2v) is 6.44. The van der Waals surface area contributed by atoms with Crippen LogP contribution in [0, 0.1) is 0 Å². The Morgan fingerprint density at radius 1 is 1.32 bits per heavy atom. The molecule has 2 heterocycles. The lowest BCUT2D eigenvalue weighted by Crippen LogP contribution is -2.62. The fraction of sp³-hybridized carbons (Fsp3) is 0.429. The van der Waals surface area contributed by atoms with Crippen LogP contribution in [-0.2, 0) is 0 Å². The molecule has 0 aliphatic carbocycles. The summed E-state index contributed by atoms with van der Waals surface area (Å²) in [5.41, 5.74) is 0.383. The summed E-state index contributed by atoms with van der Waals surface area (Å²) >= 11 is 12.2. The number of carboxylic acid groups (broad SMARTS) is 1. The average molecular weight is 344 g/mol. The Labute approximate surface area is 137 Å². The fourth-order valence-electron chi connectivity index (χ4n) is 3.06. The maximum Gasteiger partial charge on any atom is 0.407 e. The number of anilines is 1. The Balaban J connectivity index is 2.07. The summed E-state index contributed by atoms with van der Waals surface area (Å²) in [6, 6.07) is 3.42. The lowest BCUT2D eigenvalue weighted by molar-refractivity contribution is 0.0886. The molecule has 2 aliphatic rings. The zero-order valence-corrected chi connectivity index (χ0v) is 13.4. The van der Waals surface area contributed by atoms with Gasteiger partial charge in [0.25, 0.3) is 5.91 Å². The van der Waals surface area contributed by atoms with Gasteiger partial charge in [-0.2, -0.15) is 0 Å². The molecule has 1 saturated heterocycles. The number of amides is 2. The third kappa shape index (κ3) is 2.27. The van der Waals surface area contributed by atoms with Crippen molar-refractivity contribution in [1.29, 1.82) is 0 Å². The van der Waals surface area contributed by atoms with E-state index >= 15 is 0 Å². The summed E-state index contributed by atoms with van der Waals surface area (Å²) < 4.78 is 0. The van der Waals surface area contributed by atoms with Crippen molar-refractivity contribution >= 4 is 40.9 Å². The molecule has 0 radical (unpaired) electrons. The third-order valence-electron chi connectivity index (χ3n) is 4.30. The van der Waals surface area contributed by atoms with Crippen molar-refractivity contribution in [2.24, 2.45) is 0 Å². The van der Waals surface area contributed by atoms with E-state index in [1.54, 1.807) is 12.1 Å². The molecule has 0 bridgehead atoms. The number of halogens is 2. The molecule has 1 aromatic rings. The Morgan fingerprint density at radius 3 is 2.73 bits per heavy atom. The minimum absolute atomic E-state index is 0.220. The summed E-state index contributed by atoms with van der Waals surface area (Å²) in [4.78, 5) is 27.0. The molecule has 1 atom stereocenters. The van der Waals surface area contributed by atoms with Crippen LogP contribution in [0.3, 0.4) is 0 Å². The number of carbonyl (C=O) groups is 2. The zero-order chi connectivity index (χ0) is 16.1. The predicted octanol–water partition coefficient (Wildman–Crippen LogP) is 2.64. The predicted molar refractivity (Wildman–Crippen MR) is 83.9 cm³/mol. The van der Waals surface area contributed by atoms with Crippen molar-refractivity contribution in [3.8, 4) is 0 Å². The molecule has 0 aromatic heterocycles. The van der Waals surface area contributed by atoms with E-state index in [0.29, 0.717) is 42.3 Å². The van der Waals surface area contributed by atoms with Crippen LogP contribution in [0.2, 0.25) is 10.0 Å². The Bertz CT molecular complexity index is 667. The number of benzene rings is 1. The second-order valence-electron chi connectivity index (χ2n) is 5.65. The van der Waals surface area contributed by atoms with Crippen molar-refractivity contribution in [2.45, 2.75) is 19.0 Å². The van der Waals surface area contributed by atoms with Crippen LogP contribution in [0.4, 0.5) is 10.5 Å². The Hall–Kier alpha value is -1.66. The lowest BCUT2D eigenvalue weighted by Gasteiger charge is -2.46. The topological polar surface area (TPSA) is 72.9 Å². The quantitative estimate of drug-likeness (QED) is 0.759. The molecule has 1 aromatic carbocycles. The van der Waals surface area contributed by atoms with Gasteiger partial charge in [-0.25, -0.2) is 4.79 Å². The molecule has 118 valence electrons. The smallest absolute Gasteiger partial charge is 0.407 e. The molecule has 1 unspecified atom stereocenters. The van der Waals surface area contributed by atoms with Gasteiger partial charge in [-0.05, 0) is 19.1 Å². The highest BCUT2D eigenvalue weighted by atomic mass is 35.5. The monoisotopic (exact) mass is 343 g/mol. The minimum atomic E-state index is -0.955. The molecule has 0 saturated carbocycles. The van der Waals surface area contributed by atoms with E-state index in [1.165, 1.54) is 4.90 Å². The van der Waals surface area contributed by atoms with Crippen molar-refractivity contribution in [1.82, 2.24) is 10.2 Å². The van der Waals surface area contributed by atoms with Crippen molar-refractivity contribution in [3.63, 3.8) is 0 Å². The van der Waals surface area contributed by atoms with Gasteiger partial charge in [-0.15, -0.1) is 0 Å². The van der Waals surface area contributed by atoms with Crippen LogP contribution >= 0.6 is 23.2 Å². The van der Waals surface area contributed by atoms with E-state index in [-0.39, 0.29) is 10.9 Å². The number of hydrogen-bond acceptors (Lipinski definition) is 3. The Kier molecular flexibility index (Phi) is 3.61.